The number of nitrogens with zero attached hydrogens (tertiary/aromatic N) is 3. The molecule has 0 atom stereocenters. The Morgan fingerprint density at radius 3 is 2.89 bits per heavy atom. The van der Waals surface area contributed by atoms with Gasteiger partial charge in [-0.05, 0) is 18.2 Å². The van der Waals surface area contributed by atoms with Crippen LogP contribution in [0.25, 0.3) is 0 Å². The Hall–Kier alpha value is -2.81. The predicted molar refractivity (Wildman–Crippen MR) is 67.4 cm³/mol. The molecule has 0 aliphatic heterocycles. The van der Waals surface area contributed by atoms with E-state index in [4.69, 9.17) is 15.7 Å². The predicted octanol–water partition coefficient (Wildman–Crippen LogP) is 1.68. The monoisotopic (exact) mass is 241 g/mol. The minimum Gasteiger partial charge on any atom is -0.495 e. The molecule has 1 aromatic heterocycles. The number of rotatable bonds is 3. The van der Waals surface area contributed by atoms with Crippen LogP contribution in [0.2, 0.25) is 0 Å². The number of nitrogens with one attached hydrogen (secondary N) is 1. The highest BCUT2D eigenvalue weighted by Gasteiger charge is 2.10. The van der Waals surface area contributed by atoms with Crippen molar-refractivity contribution in [2.45, 2.75) is 0 Å². The summed E-state index contributed by atoms with van der Waals surface area (Å²) in [6.45, 7) is 0. The molecule has 6 nitrogen and oxygen atoms in total. The molecule has 90 valence electrons. The minimum absolute atomic E-state index is 0.316. The molecule has 0 aliphatic rings. The zero-order valence-electron chi connectivity index (χ0n) is 9.71. The Balaban J connectivity index is 2.42. The average molecular weight is 241 g/mol. The van der Waals surface area contributed by atoms with E-state index >= 15 is 0 Å². The molecule has 0 radical (unpaired) electrons. The van der Waals surface area contributed by atoms with Crippen LogP contribution in [-0.4, -0.2) is 17.1 Å². The molecule has 0 amide bonds. The van der Waals surface area contributed by atoms with Gasteiger partial charge in [0.05, 0.1) is 12.7 Å². The third-order valence-corrected chi connectivity index (χ3v) is 2.28. The van der Waals surface area contributed by atoms with Gasteiger partial charge < -0.3 is 15.8 Å². The van der Waals surface area contributed by atoms with Gasteiger partial charge in [0.2, 0.25) is 5.95 Å². The second kappa shape index (κ2) is 5.01. The maximum atomic E-state index is 9.06. The zero-order valence-corrected chi connectivity index (χ0v) is 9.71. The van der Waals surface area contributed by atoms with Gasteiger partial charge in [0.25, 0.3) is 0 Å². The topological polar surface area (TPSA) is 96.8 Å². The number of para-hydroxylation sites is 1. The Morgan fingerprint density at radius 2 is 2.22 bits per heavy atom. The van der Waals surface area contributed by atoms with Crippen molar-refractivity contribution in [3.8, 4) is 11.8 Å². The number of hydrogen-bond acceptors (Lipinski definition) is 6. The molecule has 1 heterocycles. The van der Waals surface area contributed by atoms with Crippen LogP contribution < -0.4 is 15.8 Å². The first-order chi connectivity index (χ1) is 8.74. The molecule has 0 fully saturated rings. The van der Waals surface area contributed by atoms with Gasteiger partial charge in [-0.3, -0.25) is 0 Å². The van der Waals surface area contributed by atoms with Crippen LogP contribution in [-0.2, 0) is 0 Å². The van der Waals surface area contributed by atoms with Crippen LogP contribution in [0.4, 0.5) is 17.5 Å². The van der Waals surface area contributed by atoms with Crippen LogP contribution >= 0.6 is 0 Å². The Morgan fingerprint density at radius 1 is 1.39 bits per heavy atom. The molecule has 6 heteroatoms. The van der Waals surface area contributed by atoms with Crippen molar-refractivity contribution in [1.82, 2.24) is 9.97 Å². The number of nitrogen functional groups attached to an aromatic ring is 1. The molecule has 2 rings (SSSR count). The molecular formula is C12H11N5O. The highest BCUT2D eigenvalue weighted by molar-refractivity contribution is 5.70. The summed E-state index contributed by atoms with van der Waals surface area (Å²) in [6, 6.07) is 8.82. The van der Waals surface area contributed by atoms with Crippen molar-refractivity contribution in [3.63, 3.8) is 0 Å². The van der Waals surface area contributed by atoms with Crippen molar-refractivity contribution >= 4 is 17.5 Å². The average Bonchev–Trinajstić information content (AvgIpc) is 2.39. The summed E-state index contributed by atoms with van der Waals surface area (Å²) in [5.74, 6) is 1.21. The van der Waals surface area contributed by atoms with E-state index < -0.39 is 0 Å². The number of aromatic nitrogens is 2. The summed E-state index contributed by atoms with van der Waals surface area (Å²) < 4.78 is 5.19. The molecule has 0 unspecified atom stereocenters. The van der Waals surface area contributed by atoms with Crippen LogP contribution in [0.1, 0.15) is 5.56 Å². The maximum Gasteiger partial charge on any atom is 0.229 e. The fourth-order valence-electron chi connectivity index (χ4n) is 1.47. The van der Waals surface area contributed by atoms with Gasteiger partial charge in [-0.15, -0.1) is 0 Å². The van der Waals surface area contributed by atoms with Crippen molar-refractivity contribution < 1.29 is 4.74 Å². The highest BCUT2D eigenvalue weighted by atomic mass is 16.5. The number of benzene rings is 1. The van der Waals surface area contributed by atoms with E-state index in [1.807, 2.05) is 0 Å². The number of nitrogens with two attached hydrogens (primary N) is 1. The minimum atomic E-state index is 0.316. The highest BCUT2D eigenvalue weighted by Crippen LogP contribution is 2.29. The zero-order chi connectivity index (χ0) is 13.0. The second-order valence-electron chi connectivity index (χ2n) is 3.42. The SMILES string of the molecule is COc1cccc(C#N)c1Nc1nccc(N)n1. The Kier molecular flexibility index (Phi) is 3.25. The van der Waals surface area contributed by atoms with Gasteiger partial charge in [-0.25, -0.2) is 4.98 Å². The number of hydrogen-bond donors (Lipinski definition) is 2. The molecule has 0 aliphatic carbocycles. The normalized spacial score (nSPS) is 9.56. The van der Waals surface area contributed by atoms with Gasteiger partial charge in [0, 0.05) is 6.20 Å². The molecule has 0 saturated heterocycles. The molecule has 2 aromatic rings. The maximum absolute atomic E-state index is 9.06. The van der Waals surface area contributed by atoms with Crippen LogP contribution in [0.3, 0.4) is 0 Å². The molecule has 3 N–H and O–H groups in total. The lowest BCUT2D eigenvalue weighted by Crippen LogP contribution is -2.02. The quantitative estimate of drug-likeness (QED) is 0.848. The van der Waals surface area contributed by atoms with Crippen molar-refractivity contribution in [2.75, 3.05) is 18.2 Å². The first kappa shape index (κ1) is 11.7. The van der Waals surface area contributed by atoms with Gasteiger partial charge >= 0.3 is 0 Å². The van der Waals surface area contributed by atoms with Crippen LogP contribution in [0.15, 0.2) is 30.5 Å². The van der Waals surface area contributed by atoms with Crippen LogP contribution in [0.5, 0.6) is 5.75 Å². The van der Waals surface area contributed by atoms with Crippen LogP contribution in [0, 0.1) is 11.3 Å². The lowest BCUT2D eigenvalue weighted by atomic mass is 10.2. The van der Waals surface area contributed by atoms with E-state index in [1.54, 1.807) is 24.3 Å². The molecule has 0 bridgehead atoms. The lowest BCUT2D eigenvalue weighted by Gasteiger charge is -2.11. The summed E-state index contributed by atoms with van der Waals surface area (Å²) >= 11 is 0. The standard InChI is InChI=1S/C12H11N5O/c1-18-9-4-2-3-8(7-13)11(9)17-12-15-6-5-10(14)16-12/h2-6H,1H3,(H3,14,15,16,17). The Labute approximate surface area is 104 Å². The first-order valence-corrected chi connectivity index (χ1v) is 5.17. The van der Waals surface area contributed by atoms with Crippen molar-refractivity contribution in [3.05, 3.63) is 36.0 Å². The number of methoxy groups -OCH3 is 1. The fourth-order valence-corrected chi connectivity index (χ4v) is 1.47. The third-order valence-electron chi connectivity index (χ3n) is 2.28. The smallest absolute Gasteiger partial charge is 0.229 e. The van der Waals surface area contributed by atoms with Gasteiger partial charge in [0.15, 0.2) is 0 Å². The molecule has 18 heavy (non-hydrogen) atoms. The van der Waals surface area contributed by atoms with E-state index in [1.165, 1.54) is 13.3 Å². The summed E-state index contributed by atoms with van der Waals surface area (Å²) in [6.07, 6.45) is 1.53. The number of nitriles is 1. The Bertz CT molecular complexity index is 606. The summed E-state index contributed by atoms with van der Waals surface area (Å²) in [5.41, 5.74) is 6.53. The second-order valence-corrected chi connectivity index (χ2v) is 3.42. The summed E-state index contributed by atoms with van der Waals surface area (Å²) in [4.78, 5) is 8.03. The van der Waals surface area contributed by atoms with E-state index in [9.17, 15) is 0 Å². The molecule has 1 aromatic carbocycles. The van der Waals surface area contributed by atoms with Crippen molar-refractivity contribution in [1.29, 1.82) is 5.26 Å². The van der Waals surface area contributed by atoms with E-state index in [0.717, 1.165) is 0 Å². The largest absolute Gasteiger partial charge is 0.495 e. The van der Waals surface area contributed by atoms with Crippen molar-refractivity contribution in [2.24, 2.45) is 0 Å². The molecule has 0 saturated carbocycles. The van der Waals surface area contributed by atoms with E-state index in [2.05, 4.69) is 21.4 Å². The van der Waals surface area contributed by atoms with E-state index in [0.29, 0.717) is 28.8 Å². The summed E-state index contributed by atoms with van der Waals surface area (Å²) in [7, 11) is 1.53. The molecule has 0 spiro atoms. The fraction of sp³-hybridized carbons (Fsp3) is 0.0833. The van der Waals surface area contributed by atoms with Gasteiger partial charge in [-0.2, -0.15) is 10.2 Å². The third kappa shape index (κ3) is 2.30. The first-order valence-electron chi connectivity index (χ1n) is 5.17. The van der Waals surface area contributed by atoms with Gasteiger partial charge in [-0.1, -0.05) is 6.07 Å². The van der Waals surface area contributed by atoms with Gasteiger partial charge in [0.1, 0.15) is 23.3 Å². The van der Waals surface area contributed by atoms with E-state index in [-0.39, 0.29) is 0 Å². The number of anilines is 3. The molecular weight excluding hydrogens is 230 g/mol. The number of ether oxygens (including phenoxy) is 1. The summed E-state index contributed by atoms with van der Waals surface area (Å²) in [5, 5.41) is 12.0. The lowest BCUT2D eigenvalue weighted by molar-refractivity contribution is 0.416.